The Balaban J connectivity index is 2.04. The van der Waals surface area contributed by atoms with Crippen molar-refractivity contribution in [2.75, 3.05) is 24.5 Å². The fourth-order valence-corrected chi connectivity index (χ4v) is 2.44. The van der Waals surface area contributed by atoms with E-state index in [1.165, 1.54) is 0 Å². The first-order chi connectivity index (χ1) is 9.78. The molecule has 0 atom stereocenters. The van der Waals surface area contributed by atoms with Gasteiger partial charge in [0, 0.05) is 31.4 Å². The zero-order valence-corrected chi connectivity index (χ0v) is 11.0. The van der Waals surface area contributed by atoms with Crippen LogP contribution in [0.1, 0.15) is 16.8 Å². The van der Waals surface area contributed by atoms with Crippen LogP contribution in [0.4, 0.5) is 5.82 Å². The summed E-state index contributed by atoms with van der Waals surface area (Å²) in [5.41, 5.74) is 1.43. The summed E-state index contributed by atoms with van der Waals surface area (Å²) in [4.78, 5) is 29.3. The number of hydrogen-bond donors (Lipinski definition) is 1. The lowest BCUT2D eigenvalue weighted by molar-refractivity contribution is -0.120. The van der Waals surface area contributed by atoms with E-state index >= 15 is 0 Å². The van der Waals surface area contributed by atoms with Crippen LogP contribution in [0.15, 0.2) is 30.3 Å². The third kappa shape index (κ3) is 2.34. The fraction of sp³-hybridized carbons (Fsp3) is 0.267. The lowest BCUT2D eigenvalue weighted by atomic mass is 10.1. The fourth-order valence-electron chi connectivity index (χ4n) is 2.44. The van der Waals surface area contributed by atoms with E-state index in [-0.39, 0.29) is 5.91 Å². The molecule has 1 aromatic heterocycles. The highest BCUT2D eigenvalue weighted by molar-refractivity contribution is 5.92. The molecular formula is C15H15N3O2. The van der Waals surface area contributed by atoms with Crippen molar-refractivity contribution in [2.24, 2.45) is 0 Å². The van der Waals surface area contributed by atoms with Crippen molar-refractivity contribution in [1.29, 1.82) is 0 Å². The molecule has 102 valence electrons. The molecule has 2 aromatic rings. The van der Waals surface area contributed by atoms with Gasteiger partial charge in [0.15, 0.2) is 6.29 Å². The summed E-state index contributed by atoms with van der Waals surface area (Å²) in [6.45, 7) is 1.82. The van der Waals surface area contributed by atoms with E-state index in [4.69, 9.17) is 0 Å². The van der Waals surface area contributed by atoms with Crippen LogP contribution in [-0.2, 0) is 4.79 Å². The minimum Gasteiger partial charge on any atom is -0.354 e. The number of anilines is 1. The number of benzene rings is 1. The van der Waals surface area contributed by atoms with Crippen molar-refractivity contribution < 1.29 is 9.59 Å². The average molecular weight is 269 g/mol. The molecule has 20 heavy (non-hydrogen) atoms. The molecule has 2 heterocycles. The number of rotatable bonds is 2. The maximum absolute atomic E-state index is 11.4. The molecular weight excluding hydrogens is 254 g/mol. The summed E-state index contributed by atoms with van der Waals surface area (Å²) < 4.78 is 0. The number of amides is 1. The molecule has 1 aliphatic heterocycles. The minimum atomic E-state index is 0.0425. The zero-order valence-electron chi connectivity index (χ0n) is 11.0. The topological polar surface area (TPSA) is 62.3 Å². The Labute approximate surface area is 116 Å². The highest BCUT2D eigenvalue weighted by atomic mass is 16.1. The molecule has 3 rings (SSSR count). The first kappa shape index (κ1) is 12.6. The summed E-state index contributed by atoms with van der Waals surface area (Å²) in [6.07, 6.45) is 1.25. The second-order valence-electron chi connectivity index (χ2n) is 4.80. The van der Waals surface area contributed by atoms with Gasteiger partial charge in [0.1, 0.15) is 5.82 Å². The molecule has 1 N–H and O–H groups in total. The van der Waals surface area contributed by atoms with Gasteiger partial charge in [-0.2, -0.15) is 0 Å². The van der Waals surface area contributed by atoms with Gasteiger partial charge in [0.25, 0.3) is 0 Å². The van der Waals surface area contributed by atoms with Gasteiger partial charge in [-0.3, -0.25) is 9.59 Å². The van der Waals surface area contributed by atoms with Gasteiger partial charge in [-0.25, -0.2) is 4.98 Å². The van der Waals surface area contributed by atoms with Gasteiger partial charge >= 0.3 is 0 Å². The van der Waals surface area contributed by atoms with Crippen molar-refractivity contribution in [1.82, 2.24) is 10.3 Å². The highest BCUT2D eigenvalue weighted by Crippen LogP contribution is 2.22. The third-order valence-electron chi connectivity index (χ3n) is 3.47. The number of fused-ring (bicyclic) bond motifs is 1. The van der Waals surface area contributed by atoms with Crippen LogP contribution in [0.25, 0.3) is 10.9 Å². The minimum absolute atomic E-state index is 0.0425. The van der Waals surface area contributed by atoms with E-state index in [1.807, 2.05) is 35.2 Å². The molecule has 1 aliphatic rings. The zero-order chi connectivity index (χ0) is 13.9. The van der Waals surface area contributed by atoms with E-state index in [2.05, 4.69) is 10.3 Å². The van der Waals surface area contributed by atoms with Crippen molar-refractivity contribution in [3.05, 3.63) is 35.9 Å². The normalized spacial score (nSPS) is 15.8. The molecule has 1 amide bonds. The molecule has 0 saturated carbocycles. The quantitative estimate of drug-likeness (QED) is 0.836. The van der Waals surface area contributed by atoms with Crippen LogP contribution < -0.4 is 10.2 Å². The second-order valence-corrected chi connectivity index (χ2v) is 4.80. The molecule has 5 heteroatoms. The Morgan fingerprint density at radius 2 is 2.10 bits per heavy atom. The van der Waals surface area contributed by atoms with Gasteiger partial charge in [0.2, 0.25) is 5.91 Å². The number of carbonyl (C=O) groups excluding carboxylic acids is 2. The molecule has 1 aromatic carbocycles. The van der Waals surface area contributed by atoms with Crippen LogP contribution in [0.5, 0.6) is 0 Å². The van der Waals surface area contributed by atoms with Crippen LogP contribution in [-0.4, -0.2) is 36.8 Å². The summed E-state index contributed by atoms with van der Waals surface area (Å²) >= 11 is 0. The molecule has 5 nitrogen and oxygen atoms in total. The SMILES string of the molecule is O=Cc1cc2ccccc2nc1N1CCNC(=O)CC1. The predicted octanol–water partition coefficient (Wildman–Crippen LogP) is 1.37. The Kier molecular flexibility index (Phi) is 3.33. The van der Waals surface area contributed by atoms with Crippen molar-refractivity contribution in [2.45, 2.75) is 6.42 Å². The molecule has 0 radical (unpaired) electrons. The number of hydrogen-bond acceptors (Lipinski definition) is 4. The number of carbonyl (C=O) groups is 2. The lowest BCUT2D eigenvalue weighted by Crippen LogP contribution is -2.29. The van der Waals surface area contributed by atoms with Gasteiger partial charge in [0.05, 0.1) is 11.1 Å². The number of pyridine rings is 1. The van der Waals surface area contributed by atoms with E-state index in [1.54, 1.807) is 0 Å². The van der Waals surface area contributed by atoms with E-state index in [0.717, 1.165) is 17.2 Å². The second kappa shape index (κ2) is 5.28. The van der Waals surface area contributed by atoms with Gasteiger partial charge in [-0.05, 0) is 12.1 Å². The van der Waals surface area contributed by atoms with Crippen LogP contribution in [0.3, 0.4) is 0 Å². The molecule has 0 aliphatic carbocycles. The predicted molar refractivity (Wildman–Crippen MR) is 77.0 cm³/mol. The molecule has 0 bridgehead atoms. The first-order valence-electron chi connectivity index (χ1n) is 6.64. The highest BCUT2D eigenvalue weighted by Gasteiger charge is 2.18. The number of aromatic nitrogens is 1. The Morgan fingerprint density at radius 1 is 1.25 bits per heavy atom. The summed E-state index contributed by atoms with van der Waals surface area (Å²) in [6, 6.07) is 9.56. The first-order valence-corrected chi connectivity index (χ1v) is 6.64. The van der Waals surface area contributed by atoms with Gasteiger partial charge < -0.3 is 10.2 Å². The molecule has 0 spiro atoms. The maximum atomic E-state index is 11.4. The summed E-state index contributed by atoms with van der Waals surface area (Å²) in [5.74, 6) is 0.705. The van der Waals surface area contributed by atoms with E-state index in [9.17, 15) is 9.59 Å². The summed E-state index contributed by atoms with van der Waals surface area (Å²) in [5, 5.41) is 3.77. The molecule has 1 fully saturated rings. The van der Waals surface area contributed by atoms with E-state index < -0.39 is 0 Å². The number of nitrogens with one attached hydrogen (secondary N) is 1. The largest absolute Gasteiger partial charge is 0.354 e. The Hall–Kier alpha value is -2.43. The van der Waals surface area contributed by atoms with Crippen molar-refractivity contribution in [3.63, 3.8) is 0 Å². The lowest BCUT2D eigenvalue weighted by Gasteiger charge is -2.22. The maximum Gasteiger partial charge on any atom is 0.221 e. The van der Waals surface area contributed by atoms with Crippen LogP contribution in [0, 0.1) is 0 Å². The van der Waals surface area contributed by atoms with Crippen LogP contribution in [0.2, 0.25) is 0 Å². The number of nitrogens with zero attached hydrogens (tertiary/aromatic N) is 2. The monoisotopic (exact) mass is 269 g/mol. The third-order valence-corrected chi connectivity index (χ3v) is 3.47. The molecule has 0 unspecified atom stereocenters. The van der Waals surface area contributed by atoms with Crippen LogP contribution >= 0.6 is 0 Å². The average Bonchev–Trinajstić information content (AvgIpc) is 2.70. The summed E-state index contributed by atoms with van der Waals surface area (Å²) in [7, 11) is 0. The standard InChI is InChI=1S/C15H15N3O2/c19-10-12-9-11-3-1-2-4-13(11)17-15(12)18-7-5-14(20)16-6-8-18/h1-4,9-10H,5-8H2,(H,16,20). The Bertz CT molecular complexity index is 669. The Morgan fingerprint density at radius 3 is 2.95 bits per heavy atom. The van der Waals surface area contributed by atoms with E-state index in [0.29, 0.717) is 37.4 Å². The van der Waals surface area contributed by atoms with Crippen molar-refractivity contribution >= 4 is 28.9 Å². The van der Waals surface area contributed by atoms with Crippen molar-refractivity contribution in [3.8, 4) is 0 Å². The van der Waals surface area contributed by atoms with Gasteiger partial charge in [-0.15, -0.1) is 0 Å². The molecule has 1 saturated heterocycles. The number of para-hydroxylation sites is 1. The number of aldehydes is 1. The van der Waals surface area contributed by atoms with Gasteiger partial charge in [-0.1, -0.05) is 18.2 Å². The smallest absolute Gasteiger partial charge is 0.221 e.